The van der Waals surface area contributed by atoms with Crippen LogP contribution in [-0.4, -0.2) is 17.1 Å². The third-order valence-corrected chi connectivity index (χ3v) is 1.95. The topological polar surface area (TPSA) is 35.0 Å². The number of hydrogen-bond donors (Lipinski definition) is 0. The Labute approximate surface area is 79.6 Å². The van der Waals surface area contributed by atoms with Crippen LogP contribution < -0.4 is 0 Å². The number of alkyl halides is 1. The van der Waals surface area contributed by atoms with Gasteiger partial charge in [-0.15, -0.1) is 0 Å². The van der Waals surface area contributed by atoms with Gasteiger partial charge in [0.25, 0.3) is 0 Å². The lowest BCUT2D eigenvalue weighted by atomic mass is 10.4. The van der Waals surface area contributed by atoms with E-state index in [1.807, 2.05) is 0 Å². The molecule has 0 unspecified atom stereocenters. The molecule has 0 aromatic carbocycles. The monoisotopic (exact) mass is 228 g/mol. The first-order valence-electron chi connectivity index (χ1n) is 3.38. The fraction of sp³-hybridized carbons (Fsp3) is 0.250. The van der Waals surface area contributed by atoms with E-state index in [1.165, 1.54) is 0 Å². The lowest BCUT2D eigenvalue weighted by molar-refractivity contribution is 0.369. The molecule has 0 fully saturated rings. The normalized spacial score (nSPS) is 9.50. The standard InChI is InChI=1S/C8H9BrN2O/c1-6(12-2)8-5-10-7(3-9)4-11-8/h4-5H,1,3H2,2H3. The van der Waals surface area contributed by atoms with Crippen LogP contribution in [0.2, 0.25) is 0 Å². The molecule has 0 atom stereocenters. The number of rotatable bonds is 3. The Balaban J connectivity index is 2.84. The molecule has 0 bridgehead atoms. The fourth-order valence-corrected chi connectivity index (χ4v) is 0.962. The lowest BCUT2D eigenvalue weighted by Gasteiger charge is -2.02. The van der Waals surface area contributed by atoms with Gasteiger partial charge in [0.05, 0.1) is 25.2 Å². The molecule has 0 N–H and O–H groups in total. The molecule has 0 aliphatic rings. The van der Waals surface area contributed by atoms with E-state index in [9.17, 15) is 0 Å². The molecule has 0 spiro atoms. The van der Waals surface area contributed by atoms with E-state index in [-0.39, 0.29) is 0 Å². The Bertz CT molecular complexity index is 271. The van der Waals surface area contributed by atoms with E-state index in [2.05, 4.69) is 32.5 Å². The highest BCUT2D eigenvalue weighted by molar-refractivity contribution is 9.08. The number of nitrogens with zero attached hydrogens (tertiary/aromatic N) is 2. The van der Waals surface area contributed by atoms with Crippen molar-refractivity contribution in [2.75, 3.05) is 7.11 Å². The van der Waals surface area contributed by atoms with Crippen molar-refractivity contribution in [3.63, 3.8) is 0 Å². The average Bonchev–Trinajstić information content (AvgIpc) is 2.17. The van der Waals surface area contributed by atoms with E-state index < -0.39 is 0 Å². The highest BCUT2D eigenvalue weighted by Gasteiger charge is 1.99. The lowest BCUT2D eigenvalue weighted by Crippen LogP contribution is -1.94. The molecule has 0 aliphatic carbocycles. The molecule has 0 saturated heterocycles. The first kappa shape index (κ1) is 9.19. The molecule has 0 aliphatic heterocycles. The molecular formula is C8H9BrN2O. The molecule has 3 nitrogen and oxygen atoms in total. The smallest absolute Gasteiger partial charge is 0.138 e. The number of hydrogen-bond acceptors (Lipinski definition) is 3. The summed E-state index contributed by atoms with van der Waals surface area (Å²) in [5.41, 5.74) is 1.56. The second-order valence-corrected chi connectivity index (χ2v) is 2.71. The summed E-state index contributed by atoms with van der Waals surface area (Å²) in [4.78, 5) is 8.22. The second-order valence-electron chi connectivity index (χ2n) is 2.15. The molecule has 0 amide bonds. The van der Waals surface area contributed by atoms with Crippen LogP contribution in [-0.2, 0) is 10.1 Å². The second kappa shape index (κ2) is 4.21. The third kappa shape index (κ3) is 2.04. The van der Waals surface area contributed by atoms with E-state index in [4.69, 9.17) is 4.74 Å². The summed E-state index contributed by atoms with van der Waals surface area (Å²) >= 11 is 3.28. The van der Waals surface area contributed by atoms with Crippen LogP contribution in [0.4, 0.5) is 0 Å². The van der Waals surface area contributed by atoms with Crippen LogP contribution in [0.25, 0.3) is 5.76 Å². The molecule has 1 heterocycles. The first-order chi connectivity index (χ1) is 5.77. The number of halogens is 1. The van der Waals surface area contributed by atoms with Gasteiger partial charge in [-0.1, -0.05) is 22.5 Å². The van der Waals surface area contributed by atoms with Crippen LogP contribution >= 0.6 is 15.9 Å². The van der Waals surface area contributed by atoms with Crippen molar-refractivity contribution < 1.29 is 4.74 Å². The van der Waals surface area contributed by atoms with Crippen molar-refractivity contribution in [3.05, 3.63) is 30.4 Å². The van der Waals surface area contributed by atoms with Crippen molar-refractivity contribution in [3.8, 4) is 0 Å². The van der Waals surface area contributed by atoms with Crippen LogP contribution in [0.5, 0.6) is 0 Å². The summed E-state index contributed by atoms with van der Waals surface area (Å²) in [6, 6.07) is 0. The number of methoxy groups -OCH3 is 1. The Morgan fingerprint density at radius 1 is 1.58 bits per heavy atom. The molecule has 12 heavy (non-hydrogen) atoms. The van der Waals surface area contributed by atoms with Crippen LogP contribution in [0, 0.1) is 0 Å². The maximum Gasteiger partial charge on any atom is 0.138 e. The van der Waals surface area contributed by atoms with Gasteiger partial charge in [0, 0.05) is 5.33 Å². The van der Waals surface area contributed by atoms with E-state index in [0.717, 1.165) is 5.69 Å². The zero-order valence-corrected chi connectivity index (χ0v) is 8.34. The molecule has 0 radical (unpaired) electrons. The minimum absolute atomic E-state index is 0.531. The SMILES string of the molecule is C=C(OC)c1cnc(CBr)cn1. The minimum Gasteiger partial charge on any atom is -0.495 e. The summed E-state index contributed by atoms with van der Waals surface area (Å²) < 4.78 is 4.90. The quantitative estimate of drug-likeness (QED) is 0.587. The zero-order valence-electron chi connectivity index (χ0n) is 6.75. The van der Waals surface area contributed by atoms with Crippen molar-refractivity contribution in [2.45, 2.75) is 5.33 Å². The van der Waals surface area contributed by atoms with Crippen LogP contribution in [0.1, 0.15) is 11.4 Å². The zero-order chi connectivity index (χ0) is 8.97. The summed E-state index contributed by atoms with van der Waals surface area (Å²) in [5, 5.41) is 0.708. The van der Waals surface area contributed by atoms with Crippen LogP contribution in [0.15, 0.2) is 19.0 Å². The van der Waals surface area contributed by atoms with Gasteiger partial charge < -0.3 is 4.74 Å². The summed E-state index contributed by atoms with van der Waals surface area (Å²) in [7, 11) is 1.56. The third-order valence-electron chi connectivity index (χ3n) is 1.37. The van der Waals surface area contributed by atoms with Crippen molar-refractivity contribution in [1.29, 1.82) is 0 Å². The molecule has 1 rings (SSSR count). The average molecular weight is 229 g/mol. The maximum absolute atomic E-state index is 4.90. The van der Waals surface area contributed by atoms with E-state index in [1.54, 1.807) is 19.5 Å². The molecule has 64 valence electrons. The number of ether oxygens (including phenoxy) is 1. The van der Waals surface area contributed by atoms with Gasteiger partial charge in [0.1, 0.15) is 11.5 Å². The Morgan fingerprint density at radius 2 is 2.33 bits per heavy atom. The van der Waals surface area contributed by atoms with Gasteiger partial charge in [-0.25, -0.2) is 4.98 Å². The van der Waals surface area contributed by atoms with Gasteiger partial charge >= 0.3 is 0 Å². The van der Waals surface area contributed by atoms with Crippen LogP contribution in [0.3, 0.4) is 0 Å². The van der Waals surface area contributed by atoms with Gasteiger partial charge in [-0.05, 0) is 0 Å². The Kier molecular flexibility index (Phi) is 3.22. The Morgan fingerprint density at radius 3 is 2.75 bits per heavy atom. The predicted octanol–water partition coefficient (Wildman–Crippen LogP) is 1.99. The highest BCUT2D eigenvalue weighted by atomic mass is 79.9. The summed E-state index contributed by atoms with van der Waals surface area (Å²) in [6.07, 6.45) is 3.33. The predicted molar refractivity (Wildman–Crippen MR) is 50.7 cm³/mol. The molecule has 1 aromatic rings. The summed E-state index contributed by atoms with van der Waals surface area (Å²) in [5.74, 6) is 0.531. The molecule has 4 heteroatoms. The molecule has 1 aromatic heterocycles. The van der Waals surface area contributed by atoms with Gasteiger partial charge in [-0.2, -0.15) is 0 Å². The van der Waals surface area contributed by atoms with Gasteiger partial charge in [0.2, 0.25) is 0 Å². The van der Waals surface area contributed by atoms with E-state index >= 15 is 0 Å². The van der Waals surface area contributed by atoms with Gasteiger partial charge in [-0.3, -0.25) is 4.98 Å². The van der Waals surface area contributed by atoms with Crippen molar-refractivity contribution >= 4 is 21.7 Å². The molecular weight excluding hydrogens is 220 g/mol. The Hall–Kier alpha value is -0.900. The maximum atomic E-state index is 4.90. The minimum atomic E-state index is 0.531. The van der Waals surface area contributed by atoms with E-state index in [0.29, 0.717) is 16.8 Å². The first-order valence-corrected chi connectivity index (χ1v) is 4.50. The molecule has 0 saturated carbocycles. The van der Waals surface area contributed by atoms with Gasteiger partial charge in [0.15, 0.2) is 0 Å². The number of aromatic nitrogens is 2. The fourth-order valence-electron chi connectivity index (χ4n) is 0.672. The summed E-state index contributed by atoms with van der Waals surface area (Å²) in [6.45, 7) is 3.66. The largest absolute Gasteiger partial charge is 0.495 e. The highest BCUT2D eigenvalue weighted by Crippen LogP contribution is 2.08. The van der Waals surface area contributed by atoms with Crippen molar-refractivity contribution in [2.24, 2.45) is 0 Å². The van der Waals surface area contributed by atoms with Crippen molar-refractivity contribution in [1.82, 2.24) is 9.97 Å².